The quantitative estimate of drug-likeness (QED) is 0.689. The van der Waals surface area contributed by atoms with E-state index in [1.54, 1.807) is 13.0 Å². The summed E-state index contributed by atoms with van der Waals surface area (Å²) in [7, 11) is 0. The lowest BCUT2D eigenvalue weighted by molar-refractivity contribution is -0.188. The molecule has 2 heterocycles. The van der Waals surface area contributed by atoms with E-state index < -0.39 is 18.1 Å². The van der Waals surface area contributed by atoms with Crippen LogP contribution >= 0.6 is 0 Å². The minimum Gasteiger partial charge on any atom is -0.345 e. The molecule has 0 fully saturated rings. The summed E-state index contributed by atoms with van der Waals surface area (Å²) < 4.78 is 39.1. The molecule has 0 bridgehead atoms. The Balaban J connectivity index is 2.29. The van der Waals surface area contributed by atoms with Crippen LogP contribution in [0.15, 0.2) is 12.1 Å². The number of amides is 1. The summed E-state index contributed by atoms with van der Waals surface area (Å²) in [6.07, 6.45) is -4.79. The summed E-state index contributed by atoms with van der Waals surface area (Å²) in [5.74, 6) is -1.75. The maximum atomic E-state index is 12.4. The molecule has 1 aliphatic rings. The van der Waals surface area contributed by atoms with Gasteiger partial charge in [0.2, 0.25) is 0 Å². The van der Waals surface area contributed by atoms with Gasteiger partial charge in [-0.1, -0.05) is 0 Å². The number of carbonyl (C=O) groups excluding carboxylic acids is 1. The van der Waals surface area contributed by atoms with Crippen LogP contribution in [-0.2, 0) is 11.3 Å². The molecule has 1 aliphatic heterocycles. The smallest absolute Gasteiger partial charge is 0.345 e. The maximum absolute atomic E-state index is 12.4. The SMILES string of the molecule is Cc1ccc2n1CCN(C(=O)C(F)(F)F)C2C. The lowest BCUT2D eigenvalue weighted by Gasteiger charge is -2.35. The van der Waals surface area contributed by atoms with Crippen LogP contribution in [0.1, 0.15) is 24.4 Å². The first-order valence-electron chi connectivity index (χ1n) is 5.36. The Morgan fingerprint density at radius 2 is 2.00 bits per heavy atom. The molecule has 6 heteroatoms. The van der Waals surface area contributed by atoms with Crippen LogP contribution in [0.3, 0.4) is 0 Å². The highest BCUT2D eigenvalue weighted by Gasteiger charge is 2.45. The molecular formula is C11H13F3N2O. The van der Waals surface area contributed by atoms with E-state index in [9.17, 15) is 18.0 Å². The third-order valence-electron chi connectivity index (χ3n) is 3.20. The second kappa shape index (κ2) is 3.78. The summed E-state index contributed by atoms with van der Waals surface area (Å²) >= 11 is 0. The monoisotopic (exact) mass is 246 g/mol. The van der Waals surface area contributed by atoms with Crippen molar-refractivity contribution in [3.63, 3.8) is 0 Å². The van der Waals surface area contributed by atoms with Crippen molar-refractivity contribution in [2.75, 3.05) is 6.54 Å². The molecule has 3 nitrogen and oxygen atoms in total. The van der Waals surface area contributed by atoms with Crippen molar-refractivity contribution in [3.8, 4) is 0 Å². The molecule has 2 rings (SSSR count). The molecule has 1 unspecified atom stereocenters. The van der Waals surface area contributed by atoms with Gasteiger partial charge in [0.1, 0.15) is 0 Å². The number of aryl methyl sites for hydroxylation is 1. The Morgan fingerprint density at radius 3 is 2.59 bits per heavy atom. The van der Waals surface area contributed by atoms with Gasteiger partial charge in [-0.3, -0.25) is 4.79 Å². The molecule has 0 saturated heterocycles. The molecular weight excluding hydrogens is 233 g/mol. The van der Waals surface area contributed by atoms with Crippen molar-refractivity contribution in [1.82, 2.24) is 9.47 Å². The minimum absolute atomic E-state index is 0.0992. The zero-order valence-corrected chi connectivity index (χ0v) is 9.58. The molecule has 0 spiro atoms. The van der Waals surface area contributed by atoms with E-state index in [4.69, 9.17) is 0 Å². The topological polar surface area (TPSA) is 25.2 Å². The van der Waals surface area contributed by atoms with Gasteiger partial charge in [-0.05, 0) is 26.0 Å². The first-order chi connectivity index (χ1) is 7.82. The lowest BCUT2D eigenvalue weighted by atomic mass is 10.1. The second-order valence-corrected chi connectivity index (χ2v) is 4.22. The van der Waals surface area contributed by atoms with Gasteiger partial charge in [0, 0.05) is 24.5 Å². The maximum Gasteiger partial charge on any atom is 0.471 e. The van der Waals surface area contributed by atoms with Gasteiger partial charge in [0.25, 0.3) is 0 Å². The van der Waals surface area contributed by atoms with E-state index in [-0.39, 0.29) is 6.54 Å². The van der Waals surface area contributed by atoms with Gasteiger partial charge in [0.15, 0.2) is 0 Å². The fraction of sp³-hybridized carbons (Fsp3) is 0.545. The Labute approximate surface area is 96.8 Å². The number of nitrogens with zero attached hydrogens (tertiary/aromatic N) is 2. The van der Waals surface area contributed by atoms with Crippen molar-refractivity contribution in [1.29, 1.82) is 0 Å². The van der Waals surface area contributed by atoms with Gasteiger partial charge in [-0.25, -0.2) is 0 Å². The highest BCUT2D eigenvalue weighted by Crippen LogP contribution is 2.30. The number of halogens is 3. The van der Waals surface area contributed by atoms with E-state index in [0.717, 1.165) is 16.3 Å². The molecule has 94 valence electrons. The van der Waals surface area contributed by atoms with E-state index in [1.165, 1.54) is 0 Å². The van der Waals surface area contributed by atoms with E-state index in [1.807, 2.05) is 17.6 Å². The average molecular weight is 246 g/mol. The number of hydrogen-bond donors (Lipinski definition) is 0. The zero-order chi connectivity index (χ0) is 12.8. The van der Waals surface area contributed by atoms with Crippen LogP contribution in [0.25, 0.3) is 0 Å². The molecule has 0 N–H and O–H groups in total. The molecule has 0 aromatic carbocycles. The third kappa shape index (κ3) is 1.92. The number of aromatic nitrogens is 1. The minimum atomic E-state index is -4.79. The summed E-state index contributed by atoms with van der Waals surface area (Å²) in [6, 6.07) is 3.09. The predicted molar refractivity (Wildman–Crippen MR) is 55.4 cm³/mol. The van der Waals surface area contributed by atoms with Gasteiger partial charge < -0.3 is 9.47 Å². The Morgan fingerprint density at radius 1 is 1.35 bits per heavy atom. The van der Waals surface area contributed by atoms with Crippen LogP contribution in [0.4, 0.5) is 13.2 Å². The van der Waals surface area contributed by atoms with Gasteiger partial charge in [-0.15, -0.1) is 0 Å². The average Bonchev–Trinajstić information content (AvgIpc) is 2.60. The summed E-state index contributed by atoms with van der Waals surface area (Å²) in [4.78, 5) is 12.1. The molecule has 17 heavy (non-hydrogen) atoms. The number of fused-ring (bicyclic) bond motifs is 1. The van der Waals surface area contributed by atoms with Crippen LogP contribution in [0.5, 0.6) is 0 Å². The predicted octanol–water partition coefficient (Wildman–Crippen LogP) is 2.26. The fourth-order valence-electron chi connectivity index (χ4n) is 2.26. The van der Waals surface area contributed by atoms with Gasteiger partial charge in [-0.2, -0.15) is 13.2 Å². The Kier molecular flexibility index (Phi) is 2.67. The molecule has 1 atom stereocenters. The Hall–Kier alpha value is -1.46. The summed E-state index contributed by atoms with van der Waals surface area (Å²) in [5.41, 5.74) is 1.76. The standard InChI is InChI=1S/C11H13F3N2O/c1-7-3-4-9-8(2)16(6-5-15(7)9)10(17)11(12,13)14/h3-4,8H,5-6H2,1-2H3. The molecule has 1 aromatic rings. The second-order valence-electron chi connectivity index (χ2n) is 4.22. The van der Waals surface area contributed by atoms with Crippen molar-refractivity contribution >= 4 is 5.91 Å². The molecule has 0 aliphatic carbocycles. The molecule has 1 aromatic heterocycles. The van der Waals surface area contributed by atoms with Gasteiger partial charge >= 0.3 is 12.1 Å². The van der Waals surface area contributed by atoms with Crippen molar-refractivity contribution in [3.05, 3.63) is 23.5 Å². The van der Waals surface area contributed by atoms with Gasteiger partial charge in [0.05, 0.1) is 6.04 Å². The normalized spacial score (nSPS) is 20.3. The zero-order valence-electron chi connectivity index (χ0n) is 9.58. The van der Waals surface area contributed by atoms with Crippen molar-refractivity contribution in [2.45, 2.75) is 32.6 Å². The Bertz CT molecular complexity index is 450. The van der Waals surface area contributed by atoms with E-state index in [0.29, 0.717) is 6.54 Å². The lowest BCUT2D eigenvalue weighted by Crippen LogP contribution is -2.47. The number of alkyl halides is 3. The molecule has 0 saturated carbocycles. The molecule has 1 amide bonds. The fourth-order valence-corrected chi connectivity index (χ4v) is 2.26. The number of rotatable bonds is 0. The summed E-state index contributed by atoms with van der Waals surface area (Å²) in [5, 5.41) is 0. The highest BCUT2D eigenvalue weighted by atomic mass is 19.4. The number of carbonyl (C=O) groups is 1. The largest absolute Gasteiger partial charge is 0.471 e. The number of hydrogen-bond acceptors (Lipinski definition) is 1. The molecule has 0 radical (unpaired) electrons. The third-order valence-corrected chi connectivity index (χ3v) is 3.20. The van der Waals surface area contributed by atoms with Crippen LogP contribution in [0, 0.1) is 6.92 Å². The van der Waals surface area contributed by atoms with Crippen molar-refractivity contribution < 1.29 is 18.0 Å². The summed E-state index contributed by atoms with van der Waals surface area (Å²) in [6.45, 7) is 4.04. The van der Waals surface area contributed by atoms with Crippen LogP contribution in [0.2, 0.25) is 0 Å². The highest BCUT2D eigenvalue weighted by molar-refractivity contribution is 5.82. The van der Waals surface area contributed by atoms with Crippen LogP contribution in [-0.4, -0.2) is 28.1 Å². The van der Waals surface area contributed by atoms with Crippen molar-refractivity contribution in [2.24, 2.45) is 0 Å². The first kappa shape index (κ1) is 12.0. The van der Waals surface area contributed by atoms with E-state index in [2.05, 4.69) is 0 Å². The van der Waals surface area contributed by atoms with Crippen LogP contribution < -0.4 is 0 Å². The van der Waals surface area contributed by atoms with E-state index >= 15 is 0 Å². The first-order valence-corrected chi connectivity index (χ1v) is 5.36.